The van der Waals surface area contributed by atoms with Crippen LogP contribution in [-0.4, -0.2) is 55.1 Å². The molecule has 2 heterocycles. The fourth-order valence-electron chi connectivity index (χ4n) is 3.17. The predicted octanol–water partition coefficient (Wildman–Crippen LogP) is 0.329. The number of amides is 3. The van der Waals surface area contributed by atoms with Crippen LogP contribution in [0.4, 0.5) is 4.79 Å². The molecule has 0 bridgehead atoms. The third-order valence-corrected chi connectivity index (χ3v) is 6.76. The van der Waals surface area contributed by atoms with Crippen molar-refractivity contribution in [3.05, 3.63) is 29.8 Å². The molecule has 3 rings (SSSR count). The summed E-state index contributed by atoms with van der Waals surface area (Å²) in [5, 5.41) is 13.2. The molecule has 10 heteroatoms. The second-order valence-corrected chi connectivity index (χ2v) is 8.82. The van der Waals surface area contributed by atoms with E-state index < -0.39 is 33.3 Å². The minimum Gasteiger partial charge on any atom is -0.490 e. The summed E-state index contributed by atoms with van der Waals surface area (Å²) < 4.78 is 32.5. The quantitative estimate of drug-likeness (QED) is 0.695. The Morgan fingerprint density at radius 3 is 2.41 bits per heavy atom. The van der Waals surface area contributed by atoms with Crippen molar-refractivity contribution in [2.24, 2.45) is 0 Å². The second kappa shape index (κ2) is 7.17. The maximum absolute atomic E-state index is 12.7. The number of benzene rings is 1. The lowest BCUT2D eigenvalue weighted by atomic mass is 10.1. The van der Waals surface area contributed by atoms with Crippen molar-refractivity contribution in [1.82, 2.24) is 14.9 Å². The lowest BCUT2D eigenvalue weighted by molar-refractivity contribution is -0.122. The van der Waals surface area contributed by atoms with Gasteiger partial charge >= 0.3 is 6.03 Å². The first kappa shape index (κ1) is 19.1. The largest absolute Gasteiger partial charge is 0.490 e. The Bertz CT molecular complexity index is 885. The highest BCUT2D eigenvalue weighted by Crippen LogP contribution is 2.23. The van der Waals surface area contributed by atoms with E-state index in [0.717, 1.165) is 0 Å². The van der Waals surface area contributed by atoms with Gasteiger partial charge < -0.3 is 10.1 Å². The summed E-state index contributed by atoms with van der Waals surface area (Å²) in [6, 6.07) is 8.10. The average molecular weight is 392 g/mol. The van der Waals surface area contributed by atoms with Gasteiger partial charge in [-0.25, -0.2) is 17.5 Å². The summed E-state index contributed by atoms with van der Waals surface area (Å²) in [7, 11) is -3.72. The number of hydrogen-bond acceptors (Lipinski definition) is 6. The summed E-state index contributed by atoms with van der Waals surface area (Å²) in [6.45, 7) is 1.94. The molecule has 2 N–H and O–H groups in total. The molecule has 9 nitrogen and oxygen atoms in total. The summed E-state index contributed by atoms with van der Waals surface area (Å²) in [4.78, 5) is 23.2. The minimum atomic E-state index is -3.72. The van der Waals surface area contributed by atoms with Gasteiger partial charge in [0.05, 0.1) is 17.4 Å². The van der Waals surface area contributed by atoms with Crippen LogP contribution in [0, 0.1) is 11.3 Å². The zero-order valence-electron chi connectivity index (χ0n) is 14.8. The smallest absolute Gasteiger partial charge is 0.322 e. The molecule has 1 unspecified atom stereocenters. The van der Waals surface area contributed by atoms with Gasteiger partial charge in [-0.1, -0.05) is 0 Å². The molecule has 0 aromatic heterocycles. The van der Waals surface area contributed by atoms with Crippen LogP contribution in [0.15, 0.2) is 24.3 Å². The fourth-order valence-corrected chi connectivity index (χ4v) is 5.05. The Balaban J connectivity index is 1.57. The third kappa shape index (κ3) is 4.20. The molecule has 0 aliphatic carbocycles. The zero-order valence-corrected chi connectivity index (χ0v) is 15.6. The van der Waals surface area contributed by atoms with Gasteiger partial charge in [-0.05, 0) is 44.0 Å². The van der Waals surface area contributed by atoms with Crippen LogP contribution in [-0.2, 0) is 14.8 Å². The number of nitrogens with zero attached hydrogens (tertiary/aromatic N) is 2. The molecule has 3 amide bonds. The van der Waals surface area contributed by atoms with Gasteiger partial charge in [0.1, 0.15) is 17.4 Å². The van der Waals surface area contributed by atoms with Gasteiger partial charge in [-0.15, -0.1) is 0 Å². The van der Waals surface area contributed by atoms with Crippen molar-refractivity contribution >= 4 is 22.0 Å². The Labute approximate surface area is 157 Å². The summed E-state index contributed by atoms with van der Waals surface area (Å²) in [5.41, 5.74) is -0.925. The first-order chi connectivity index (χ1) is 12.7. The van der Waals surface area contributed by atoms with Gasteiger partial charge in [-0.2, -0.15) is 5.26 Å². The molecule has 1 atom stereocenters. The van der Waals surface area contributed by atoms with E-state index in [2.05, 4.69) is 10.6 Å². The maximum Gasteiger partial charge on any atom is 0.322 e. The molecule has 144 valence electrons. The van der Waals surface area contributed by atoms with Crippen LogP contribution in [0.5, 0.6) is 5.75 Å². The number of carbonyl (C=O) groups is 2. The number of urea groups is 1. The lowest BCUT2D eigenvalue weighted by Crippen LogP contribution is -2.53. The van der Waals surface area contributed by atoms with Gasteiger partial charge in [0.2, 0.25) is 10.0 Å². The molecule has 2 saturated heterocycles. The lowest BCUT2D eigenvalue weighted by Gasteiger charge is -2.33. The van der Waals surface area contributed by atoms with Gasteiger partial charge in [0.25, 0.3) is 5.91 Å². The number of rotatable bonds is 5. The number of nitrogens with one attached hydrogen (secondary N) is 2. The molecule has 2 aliphatic heterocycles. The first-order valence-corrected chi connectivity index (χ1v) is 10.1. The average Bonchev–Trinajstić information content (AvgIpc) is 2.87. The normalized spacial score (nSPS) is 24.1. The van der Waals surface area contributed by atoms with Crippen LogP contribution in [0.25, 0.3) is 0 Å². The van der Waals surface area contributed by atoms with Crippen molar-refractivity contribution in [1.29, 1.82) is 5.26 Å². The fraction of sp³-hybridized carbons (Fsp3) is 0.471. The predicted molar refractivity (Wildman–Crippen MR) is 95.2 cm³/mol. The van der Waals surface area contributed by atoms with Crippen molar-refractivity contribution in [3.8, 4) is 11.8 Å². The summed E-state index contributed by atoms with van der Waals surface area (Å²) >= 11 is 0. The van der Waals surface area contributed by atoms with Crippen molar-refractivity contribution in [3.63, 3.8) is 0 Å². The van der Waals surface area contributed by atoms with E-state index in [9.17, 15) is 18.0 Å². The third-order valence-electron chi connectivity index (χ3n) is 4.67. The van der Waals surface area contributed by atoms with E-state index in [1.54, 1.807) is 24.3 Å². The van der Waals surface area contributed by atoms with Crippen LogP contribution in [0.1, 0.15) is 25.3 Å². The number of hydrogen-bond donors (Lipinski definition) is 2. The van der Waals surface area contributed by atoms with E-state index in [1.165, 1.54) is 11.2 Å². The monoisotopic (exact) mass is 392 g/mol. The highest BCUT2D eigenvalue weighted by Gasteiger charge is 2.46. The van der Waals surface area contributed by atoms with E-state index in [-0.39, 0.29) is 19.2 Å². The van der Waals surface area contributed by atoms with Crippen LogP contribution >= 0.6 is 0 Å². The molecule has 27 heavy (non-hydrogen) atoms. The second-order valence-electron chi connectivity index (χ2n) is 6.85. The Hall–Kier alpha value is -2.64. The van der Waals surface area contributed by atoms with Crippen molar-refractivity contribution in [2.75, 3.05) is 18.8 Å². The number of ether oxygens (including phenoxy) is 1. The molecule has 2 fully saturated rings. The SMILES string of the molecule is CC1(CS(=O)(=O)N2CCC(Oc3ccc(C#N)cc3)CC2)NC(=O)NC1=O. The number of carbonyl (C=O) groups excluding carboxylic acids is 2. The Morgan fingerprint density at radius 2 is 1.89 bits per heavy atom. The molecule has 0 radical (unpaired) electrons. The van der Waals surface area contributed by atoms with Crippen LogP contribution in [0.3, 0.4) is 0 Å². The van der Waals surface area contributed by atoms with Crippen molar-refractivity contribution in [2.45, 2.75) is 31.4 Å². The molecule has 0 spiro atoms. The first-order valence-electron chi connectivity index (χ1n) is 8.50. The molecule has 1 aromatic rings. The van der Waals surface area contributed by atoms with E-state index in [0.29, 0.717) is 24.2 Å². The van der Waals surface area contributed by atoms with E-state index in [4.69, 9.17) is 10.00 Å². The molecular formula is C17H20N4O5S. The number of imide groups is 1. The van der Waals surface area contributed by atoms with Crippen molar-refractivity contribution < 1.29 is 22.7 Å². The number of piperidine rings is 1. The summed E-state index contributed by atoms with van der Waals surface area (Å²) in [5.74, 6) is -0.498. The maximum atomic E-state index is 12.7. The summed E-state index contributed by atoms with van der Waals surface area (Å²) in [6.07, 6.45) is 0.887. The molecule has 1 aromatic carbocycles. The topological polar surface area (TPSA) is 129 Å². The minimum absolute atomic E-state index is 0.130. The van der Waals surface area contributed by atoms with Crippen LogP contribution < -0.4 is 15.4 Å². The zero-order chi connectivity index (χ0) is 19.7. The Kier molecular flexibility index (Phi) is 5.08. The van der Waals surface area contributed by atoms with E-state index in [1.807, 2.05) is 6.07 Å². The van der Waals surface area contributed by atoms with E-state index >= 15 is 0 Å². The van der Waals surface area contributed by atoms with Gasteiger partial charge in [-0.3, -0.25) is 10.1 Å². The number of sulfonamides is 1. The Morgan fingerprint density at radius 1 is 1.26 bits per heavy atom. The standard InChI is InChI=1S/C17H20N4O5S/c1-17(15(22)19-16(23)20-17)11-27(24,25)21-8-6-14(7-9-21)26-13-4-2-12(10-18)3-5-13/h2-5,14H,6-9,11H2,1H3,(H2,19,20,22,23). The molecule has 2 aliphatic rings. The molecule has 0 saturated carbocycles. The molecular weight excluding hydrogens is 372 g/mol. The highest BCUT2D eigenvalue weighted by atomic mass is 32.2. The van der Waals surface area contributed by atoms with Crippen LogP contribution in [0.2, 0.25) is 0 Å². The van der Waals surface area contributed by atoms with Gasteiger partial charge in [0, 0.05) is 13.1 Å². The van der Waals surface area contributed by atoms with Gasteiger partial charge in [0.15, 0.2) is 0 Å². The highest BCUT2D eigenvalue weighted by molar-refractivity contribution is 7.89. The number of nitriles is 1.